The average molecular weight is 176 g/mol. The first-order chi connectivity index (χ1) is 6.43. The molecule has 0 aliphatic carbocycles. The number of rotatable bonds is 0. The molecule has 0 radical (unpaired) electrons. The first-order valence-electron chi connectivity index (χ1n) is 4.16. The summed E-state index contributed by atoms with van der Waals surface area (Å²) in [6.45, 7) is 1.23. The first-order valence-corrected chi connectivity index (χ1v) is 4.16. The number of fused-ring (bicyclic) bond motifs is 2. The van der Waals surface area contributed by atoms with E-state index in [0.29, 0.717) is 13.2 Å². The van der Waals surface area contributed by atoms with Crippen LogP contribution in [-0.4, -0.2) is 23.2 Å². The van der Waals surface area contributed by atoms with Crippen LogP contribution in [0.25, 0.3) is 11.0 Å². The molecule has 1 aliphatic heterocycles. The maximum atomic E-state index is 5.43. The van der Waals surface area contributed by atoms with Gasteiger partial charge in [-0.1, -0.05) is 0 Å². The van der Waals surface area contributed by atoms with Crippen LogP contribution in [0.1, 0.15) is 0 Å². The van der Waals surface area contributed by atoms with Crippen molar-refractivity contribution < 1.29 is 9.47 Å². The minimum Gasteiger partial charge on any atom is -0.486 e. The second-order valence-electron chi connectivity index (χ2n) is 2.92. The third-order valence-corrected chi connectivity index (χ3v) is 2.08. The zero-order valence-corrected chi connectivity index (χ0v) is 6.91. The second kappa shape index (κ2) is 2.39. The maximum Gasteiger partial charge on any atom is 0.163 e. The van der Waals surface area contributed by atoms with Crippen molar-refractivity contribution in [2.75, 3.05) is 13.2 Å². The molecule has 0 atom stereocenters. The van der Waals surface area contributed by atoms with Gasteiger partial charge in [0.2, 0.25) is 0 Å². The van der Waals surface area contributed by atoms with Crippen molar-refractivity contribution in [1.29, 1.82) is 0 Å². The lowest BCUT2D eigenvalue weighted by molar-refractivity contribution is 0.172. The lowest BCUT2D eigenvalue weighted by Crippen LogP contribution is -2.15. The highest BCUT2D eigenvalue weighted by atomic mass is 16.6. The molecule has 0 amide bonds. The van der Waals surface area contributed by atoms with E-state index in [1.54, 1.807) is 6.33 Å². The highest BCUT2D eigenvalue weighted by molar-refractivity contribution is 5.79. The fraction of sp³-hybridized carbons (Fsp3) is 0.222. The topological polar surface area (TPSA) is 47.1 Å². The van der Waals surface area contributed by atoms with Crippen LogP contribution in [0, 0.1) is 0 Å². The predicted molar refractivity (Wildman–Crippen MR) is 47.1 cm³/mol. The lowest BCUT2D eigenvalue weighted by Gasteiger charge is -2.17. The lowest BCUT2D eigenvalue weighted by atomic mass is 10.2. The summed E-state index contributed by atoms with van der Waals surface area (Å²) in [7, 11) is 0. The molecule has 0 unspecified atom stereocenters. The summed E-state index contributed by atoms with van der Waals surface area (Å²) in [5.74, 6) is 1.58. The Hall–Kier alpha value is -1.71. The number of hydrogen-bond acceptors (Lipinski definition) is 3. The number of H-pyrrole nitrogens is 1. The third kappa shape index (κ3) is 0.950. The fourth-order valence-electron chi connectivity index (χ4n) is 1.47. The summed E-state index contributed by atoms with van der Waals surface area (Å²) in [4.78, 5) is 7.16. The first kappa shape index (κ1) is 6.77. The van der Waals surface area contributed by atoms with Crippen LogP contribution in [0.15, 0.2) is 18.5 Å². The second-order valence-corrected chi connectivity index (χ2v) is 2.92. The molecule has 0 fully saturated rings. The van der Waals surface area contributed by atoms with Gasteiger partial charge in [0.05, 0.1) is 17.4 Å². The van der Waals surface area contributed by atoms with Crippen LogP contribution >= 0.6 is 0 Å². The van der Waals surface area contributed by atoms with Gasteiger partial charge in [-0.3, -0.25) is 0 Å². The standard InChI is InChI=1S/C9H8N2O2/c1-2-13-9-4-7-6(10-5-11-7)3-8(9)12-1/h3-5H,1-2H2,(H,10,11). The summed E-state index contributed by atoms with van der Waals surface area (Å²) in [5.41, 5.74) is 1.88. The number of aromatic amines is 1. The SMILES string of the molecule is c1nc2cc3c(cc2[nH]1)OCCO3. The molecule has 66 valence electrons. The monoisotopic (exact) mass is 176 g/mol. The Kier molecular flexibility index (Phi) is 1.24. The minimum atomic E-state index is 0.614. The highest BCUT2D eigenvalue weighted by Gasteiger charge is 2.12. The molecular weight excluding hydrogens is 168 g/mol. The summed E-state index contributed by atoms with van der Waals surface area (Å²) >= 11 is 0. The Labute approximate surface area is 74.5 Å². The number of nitrogens with one attached hydrogen (secondary N) is 1. The molecule has 4 nitrogen and oxygen atoms in total. The van der Waals surface area contributed by atoms with Crippen LogP contribution in [0.3, 0.4) is 0 Å². The number of benzene rings is 1. The molecule has 13 heavy (non-hydrogen) atoms. The van der Waals surface area contributed by atoms with Crippen molar-refractivity contribution in [3.05, 3.63) is 18.5 Å². The van der Waals surface area contributed by atoms with Gasteiger partial charge in [0.25, 0.3) is 0 Å². The van der Waals surface area contributed by atoms with E-state index < -0.39 is 0 Å². The Morgan fingerprint density at radius 3 is 2.77 bits per heavy atom. The molecule has 1 N–H and O–H groups in total. The molecule has 4 heteroatoms. The Morgan fingerprint density at radius 1 is 1.15 bits per heavy atom. The van der Waals surface area contributed by atoms with Crippen molar-refractivity contribution >= 4 is 11.0 Å². The van der Waals surface area contributed by atoms with E-state index in [1.165, 1.54) is 0 Å². The van der Waals surface area contributed by atoms with Crippen LogP contribution in [-0.2, 0) is 0 Å². The third-order valence-electron chi connectivity index (χ3n) is 2.08. The highest BCUT2D eigenvalue weighted by Crippen LogP contribution is 2.32. The van der Waals surface area contributed by atoms with E-state index >= 15 is 0 Å². The van der Waals surface area contributed by atoms with Crippen LogP contribution in [0.2, 0.25) is 0 Å². The van der Waals surface area contributed by atoms with Crippen LogP contribution in [0.5, 0.6) is 11.5 Å². The quantitative estimate of drug-likeness (QED) is 0.658. The Bertz CT molecular complexity index is 410. The van der Waals surface area contributed by atoms with Crippen molar-refractivity contribution in [1.82, 2.24) is 9.97 Å². The molecular formula is C9H8N2O2. The van der Waals surface area contributed by atoms with E-state index in [4.69, 9.17) is 9.47 Å². The summed E-state index contributed by atoms with van der Waals surface area (Å²) in [6.07, 6.45) is 1.66. The predicted octanol–water partition coefficient (Wildman–Crippen LogP) is 1.33. The van der Waals surface area contributed by atoms with Gasteiger partial charge in [0, 0.05) is 12.1 Å². The molecule has 0 spiro atoms. The molecule has 3 rings (SSSR count). The van der Waals surface area contributed by atoms with Gasteiger partial charge in [0.15, 0.2) is 11.5 Å². The van der Waals surface area contributed by atoms with Crippen molar-refractivity contribution in [2.45, 2.75) is 0 Å². The minimum absolute atomic E-state index is 0.614. The van der Waals surface area contributed by atoms with Gasteiger partial charge in [-0.15, -0.1) is 0 Å². The van der Waals surface area contributed by atoms with Gasteiger partial charge < -0.3 is 14.5 Å². The number of hydrogen-bond donors (Lipinski definition) is 1. The molecule has 0 bridgehead atoms. The number of aromatic nitrogens is 2. The number of ether oxygens (including phenoxy) is 2. The van der Waals surface area contributed by atoms with E-state index in [9.17, 15) is 0 Å². The number of nitrogens with zero attached hydrogens (tertiary/aromatic N) is 1. The smallest absolute Gasteiger partial charge is 0.163 e. The van der Waals surface area contributed by atoms with E-state index in [0.717, 1.165) is 22.5 Å². The summed E-state index contributed by atoms with van der Waals surface area (Å²) < 4.78 is 10.9. The normalized spacial score (nSPS) is 14.8. The number of imidazole rings is 1. The summed E-state index contributed by atoms with van der Waals surface area (Å²) in [6, 6.07) is 3.80. The van der Waals surface area contributed by atoms with Gasteiger partial charge in [-0.05, 0) is 0 Å². The maximum absolute atomic E-state index is 5.43. The van der Waals surface area contributed by atoms with Gasteiger partial charge in [0.1, 0.15) is 13.2 Å². The fourth-order valence-corrected chi connectivity index (χ4v) is 1.47. The zero-order valence-electron chi connectivity index (χ0n) is 6.91. The van der Waals surface area contributed by atoms with E-state index in [2.05, 4.69) is 9.97 Å². The van der Waals surface area contributed by atoms with Gasteiger partial charge >= 0.3 is 0 Å². The van der Waals surface area contributed by atoms with E-state index in [-0.39, 0.29) is 0 Å². The largest absolute Gasteiger partial charge is 0.486 e. The molecule has 0 saturated carbocycles. The Morgan fingerprint density at radius 2 is 1.92 bits per heavy atom. The molecule has 2 aromatic rings. The molecule has 2 heterocycles. The van der Waals surface area contributed by atoms with Crippen LogP contribution in [0.4, 0.5) is 0 Å². The molecule has 1 aliphatic rings. The molecule has 0 saturated heterocycles. The van der Waals surface area contributed by atoms with Crippen LogP contribution < -0.4 is 9.47 Å². The Balaban J connectivity index is 2.28. The van der Waals surface area contributed by atoms with Gasteiger partial charge in [-0.25, -0.2) is 4.98 Å². The molecule has 1 aromatic heterocycles. The zero-order chi connectivity index (χ0) is 8.67. The van der Waals surface area contributed by atoms with E-state index in [1.807, 2.05) is 12.1 Å². The van der Waals surface area contributed by atoms with Gasteiger partial charge in [-0.2, -0.15) is 0 Å². The van der Waals surface area contributed by atoms with Crippen molar-refractivity contribution in [2.24, 2.45) is 0 Å². The average Bonchev–Trinajstić information content (AvgIpc) is 2.61. The van der Waals surface area contributed by atoms with Crippen molar-refractivity contribution in [3.8, 4) is 11.5 Å². The van der Waals surface area contributed by atoms with Crippen molar-refractivity contribution in [3.63, 3.8) is 0 Å². The molecule has 1 aromatic carbocycles. The summed E-state index contributed by atoms with van der Waals surface area (Å²) in [5, 5.41) is 0.